The Labute approximate surface area is 107 Å². The molecule has 1 aromatic carbocycles. The van der Waals surface area contributed by atoms with Gasteiger partial charge in [0.2, 0.25) is 0 Å². The first kappa shape index (κ1) is 12.4. The molecule has 4 nitrogen and oxygen atoms in total. The molecule has 0 aliphatic heterocycles. The van der Waals surface area contributed by atoms with Gasteiger partial charge < -0.3 is 10.5 Å². The predicted molar refractivity (Wildman–Crippen MR) is 71.4 cm³/mol. The molecule has 0 saturated heterocycles. The van der Waals surface area contributed by atoms with Crippen LogP contribution in [0.15, 0.2) is 24.5 Å². The molecular formula is C14H17N3O. The Morgan fingerprint density at radius 2 is 1.61 bits per heavy atom. The molecule has 1 aromatic heterocycles. The van der Waals surface area contributed by atoms with Crippen molar-refractivity contribution in [1.29, 1.82) is 0 Å². The first-order valence-electron chi connectivity index (χ1n) is 5.83. The molecule has 18 heavy (non-hydrogen) atoms. The van der Waals surface area contributed by atoms with E-state index in [1.807, 2.05) is 13.0 Å². The summed E-state index contributed by atoms with van der Waals surface area (Å²) in [6, 6.07) is 4.16. The molecule has 0 aliphatic carbocycles. The fraction of sp³-hybridized carbons (Fsp3) is 0.286. The first-order chi connectivity index (χ1) is 8.56. The maximum absolute atomic E-state index is 5.73. The summed E-state index contributed by atoms with van der Waals surface area (Å²) in [5.41, 5.74) is 9.69. The smallest absolute Gasteiger partial charge is 0.166 e. The molecule has 2 rings (SSSR count). The van der Waals surface area contributed by atoms with Gasteiger partial charge in [0.05, 0.1) is 18.1 Å². The van der Waals surface area contributed by atoms with Gasteiger partial charge in [-0.15, -0.1) is 0 Å². The quantitative estimate of drug-likeness (QED) is 0.900. The fourth-order valence-electron chi connectivity index (χ4n) is 1.67. The van der Waals surface area contributed by atoms with Crippen LogP contribution in [0.4, 0.5) is 5.69 Å². The molecule has 0 aliphatic rings. The molecule has 1 heterocycles. The molecular weight excluding hydrogens is 226 g/mol. The largest absolute Gasteiger partial charge is 0.485 e. The lowest BCUT2D eigenvalue weighted by atomic mass is 10.1. The normalized spacial score (nSPS) is 10.4. The van der Waals surface area contributed by atoms with Crippen molar-refractivity contribution in [2.45, 2.75) is 27.4 Å². The van der Waals surface area contributed by atoms with E-state index >= 15 is 0 Å². The van der Waals surface area contributed by atoms with Crippen molar-refractivity contribution in [3.63, 3.8) is 0 Å². The lowest BCUT2D eigenvalue weighted by molar-refractivity contribution is 0.293. The van der Waals surface area contributed by atoms with Crippen LogP contribution in [0, 0.1) is 20.8 Å². The summed E-state index contributed by atoms with van der Waals surface area (Å²) in [5.74, 6) is 1.50. The van der Waals surface area contributed by atoms with Gasteiger partial charge in [-0.05, 0) is 43.5 Å². The van der Waals surface area contributed by atoms with Gasteiger partial charge in [0.15, 0.2) is 5.82 Å². The predicted octanol–water partition coefficient (Wildman–Crippen LogP) is 2.56. The van der Waals surface area contributed by atoms with E-state index in [0.717, 1.165) is 11.3 Å². The van der Waals surface area contributed by atoms with E-state index in [-0.39, 0.29) is 0 Å². The van der Waals surface area contributed by atoms with E-state index in [1.165, 1.54) is 11.1 Å². The van der Waals surface area contributed by atoms with Gasteiger partial charge in [0.1, 0.15) is 12.4 Å². The van der Waals surface area contributed by atoms with E-state index in [1.54, 1.807) is 12.4 Å². The minimum absolute atomic E-state index is 0.351. The van der Waals surface area contributed by atoms with E-state index in [4.69, 9.17) is 10.5 Å². The Bertz CT molecular complexity index is 550. The van der Waals surface area contributed by atoms with Crippen LogP contribution in [-0.4, -0.2) is 9.97 Å². The number of hydrogen-bond acceptors (Lipinski definition) is 4. The number of aryl methyl sites for hydroxylation is 3. The van der Waals surface area contributed by atoms with Crippen molar-refractivity contribution >= 4 is 5.69 Å². The molecule has 0 unspecified atom stereocenters. The summed E-state index contributed by atoms with van der Waals surface area (Å²) in [5, 5.41) is 0. The topological polar surface area (TPSA) is 61.0 Å². The van der Waals surface area contributed by atoms with Crippen LogP contribution in [0.3, 0.4) is 0 Å². The molecule has 0 fully saturated rings. The zero-order valence-corrected chi connectivity index (χ0v) is 10.9. The Hall–Kier alpha value is -2.10. The summed E-state index contributed by atoms with van der Waals surface area (Å²) >= 11 is 0. The van der Waals surface area contributed by atoms with E-state index in [9.17, 15) is 0 Å². The number of benzene rings is 1. The van der Waals surface area contributed by atoms with Crippen molar-refractivity contribution < 1.29 is 4.74 Å². The van der Waals surface area contributed by atoms with Crippen molar-refractivity contribution in [2.75, 3.05) is 5.73 Å². The average molecular weight is 243 g/mol. The van der Waals surface area contributed by atoms with Crippen LogP contribution < -0.4 is 10.5 Å². The van der Waals surface area contributed by atoms with Crippen LogP contribution in [-0.2, 0) is 6.61 Å². The van der Waals surface area contributed by atoms with Crippen LogP contribution >= 0.6 is 0 Å². The summed E-state index contributed by atoms with van der Waals surface area (Å²) in [6.45, 7) is 6.55. The second-order valence-electron chi connectivity index (χ2n) is 4.42. The molecule has 0 spiro atoms. The fourth-order valence-corrected chi connectivity index (χ4v) is 1.67. The highest BCUT2D eigenvalue weighted by molar-refractivity contribution is 5.40. The Kier molecular flexibility index (Phi) is 3.46. The third-order valence-electron chi connectivity index (χ3n) is 2.87. The third kappa shape index (κ3) is 2.77. The van der Waals surface area contributed by atoms with E-state index in [0.29, 0.717) is 18.1 Å². The maximum Gasteiger partial charge on any atom is 0.166 e. The Morgan fingerprint density at radius 1 is 1.00 bits per heavy atom. The standard InChI is InChI=1S/C14H17N3O/c1-9-4-11(3)13(5-10(9)2)18-8-14-16-6-12(15)7-17-14/h4-7H,8,15H2,1-3H3. The molecule has 2 N–H and O–H groups in total. The summed E-state index contributed by atoms with van der Waals surface area (Å²) < 4.78 is 5.73. The van der Waals surface area contributed by atoms with Crippen molar-refractivity contribution in [3.8, 4) is 5.75 Å². The average Bonchev–Trinajstić information content (AvgIpc) is 2.34. The second kappa shape index (κ2) is 5.04. The van der Waals surface area contributed by atoms with Crippen molar-refractivity contribution in [2.24, 2.45) is 0 Å². The van der Waals surface area contributed by atoms with Gasteiger partial charge in [-0.2, -0.15) is 0 Å². The van der Waals surface area contributed by atoms with Gasteiger partial charge in [-0.3, -0.25) is 0 Å². The molecule has 0 amide bonds. The zero-order chi connectivity index (χ0) is 13.1. The van der Waals surface area contributed by atoms with Gasteiger partial charge in [-0.25, -0.2) is 9.97 Å². The number of ether oxygens (including phenoxy) is 1. The minimum Gasteiger partial charge on any atom is -0.485 e. The first-order valence-corrected chi connectivity index (χ1v) is 5.83. The van der Waals surface area contributed by atoms with Gasteiger partial charge in [0, 0.05) is 0 Å². The van der Waals surface area contributed by atoms with Gasteiger partial charge in [-0.1, -0.05) is 6.07 Å². The monoisotopic (exact) mass is 243 g/mol. The highest BCUT2D eigenvalue weighted by Gasteiger charge is 2.04. The lowest BCUT2D eigenvalue weighted by Crippen LogP contribution is -2.03. The maximum atomic E-state index is 5.73. The number of hydrogen-bond donors (Lipinski definition) is 1. The minimum atomic E-state index is 0.351. The zero-order valence-electron chi connectivity index (χ0n) is 10.9. The molecule has 2 aromatic rings. The summed E-state index contributed by atoms with van der Waals surface area (Å²) in [6.07, 6.45) is 3.16. The number of nitrogens with zero attached hydrogens (tertiary/aromatic N) is 2. The lowest BCUT2D eigenvalue weighted by Gasteiger charge is -2.11. The molecule has 94 valence electrons. The highest BCUT2D eigenvalue weighted by atomic mass is 16.5. The van der Waals surface area contributed by atoms with Crippen LogP contribution in [0.25, 0.3) is 0 Å². The van der Waals surface area contributed by atoms with E-state index < -0.39 is 0 Å². The number of nitrogens with two attached hydrogens (primary N) is 1. The van der Waals surface area contributed by atoms with Crippen molar-refractivity contribution in [1.82, 2.24) is 9.97 Å². The van der Waals surface area contributed by atoms with Gasteiger partial charge in [0.25, 0.3) is 0 Å². The SMILES string of the molecule is Cc1cc(C)c(OCc2ncc(N)cn2)cc1C. The number of rotatable bonds is 3. The Balaban J connectivity index is 2.10. The van der Waals surface area contributed by atoms with Crippen LogP contribution in [0.2, 0.25) is 0 Å². The number of aromatic nitrogens is 2. The molecule has 0 radical (unpaired) electrons. The number of nitrogen functional groups attached to an aromatic ring is 1. The highest BCUT2D eigenvalue weighted by Crippen LogP contribution is 2.22. The van der Waals surface area contributed by atoms with Crippen molar-refractivity contribution in [3.05, 3.63) is 47.0 Å². The van der Waals surface area contributed by atoms with Crippen LogP contribution in [0.1, 0.15) is 22.5 Å². The molecule has 0 saturated carbocycles. The third-order valence-corrected chi connectivity index (χ3v) is 2.87. The second-order valence-corrected chi connectivity index (χ2v) is 4.42. The number of anilines is 1. The Morgan fingerprint density at radius 3 is 2.28 bits per heavy atom. The van der Waals surface area contributed by atoms with Crippen LogP contribution in [0.5, 0.6) is 5.75 Å². The van der Waals surface area contributed by atoms with E-state index in [2.05, 4.69) is 29.9 Å². The molecule has 0 bridgehead atoms. The van der Waals surface area contributed by atoms with Gasteiger partial charge >= 0.3 is 0 Å². The molecule has 4 heteroatoms. The molecule has 0 atom stereocenters. The summed E-state index contributed by atoms with van der Waals surface area (Å²) in [4.78, 5) is 8.20. The summed E-state index contributed by atoms with van der Waals surface area (Å²) in [7, 11) is 0.